The molecule has 2 aromatic heterocycles. The molecular weight excluding hydrogens is 494 g/mol. The predicted molar refractivity (Wildman–Crippen MR) is 151 cm³/mol. The van der Waals surface area contributed by atoms with Gasteiger partial charge < -0.3 is 25.4 Å². The Morgan fingerprint density at radius 3 is 2.62 bits per heavy atom. The topological polar surface area (TPSA) is 128 Å². The Morgan fingerprint density at radius 2 is 1.87 bits per heavy atom. The summed E-state index contributed by atoms with van der Waals surface area (Å²) < 4.78 is 10.8. The van der Waals surface area contributed by atoms with Crippen molar-refractivity contribution in [3.05, 3.63) is 59.8 Å². The van der Waals surface area contributed by atoms with Gasteiger partial charge in [0, 0.05) is 30.8 Å². The van der Waals surface area contributed by atoms with Crippen LogP contribution in [0.2, 0.25) is 0 Å². The molecule has 1 atom stereocenters. The molecule has 39 heavy (non-hydrogen) atoms. The molecule has 3 heterocycles. The monoisotopic (exact) mass is 527 g/mol. The van der Waals surface area contributed by atoms with Crippen LogP contribution in [-0.2, 0) is 6.42 Å². The Labute approximate surface area is 227 Å². The molecule has 1 saturated heterocycles. The van der Waals surface area contributed by atoms with Crippen LogP contribution >= 0.6 is 0 Å². The summed E-state index contributed by atoms with van der Waals surface area (Å²) in [7, 11) is 3.18. The zero-order valence-corrected chi connectivity index (χ0v) is 22.5. The standard InChI is InChI=1S/C29H33N7O3/c1-4-5-6-18-7-9-19(10-8-18)26(37)22-17-31-13-14-36(22)28-25-27(34-29(30)35-28)32-16-21(33-25)20-11-12-23(38-2)24(15-20)39-3/h7-12,15-16,22,31H,4-6,13-14,17H2,1-3H3,(H2,30,32,34,35). The molecule has 0 spiro atoms. The number of aryl methyl sites for hydroxylation is 1. The van der Waals surface area contributed by atoms with Crippen LogP contribution in [0, 0.1) is 0 Å². The summed E-state index contributed by atoms with van der Waals surface area (Å²) in [5.74, 6) is 1.78. The lowest BCUT2D eigenvalue weighted by atomic mass is 9.98. The van der Waals surface area contributed by atoms with E-state index in [4.69, 9.17) is 20.2 Å². The summed E-state index contributed by atoms with van der Waals surface area (Å²) in [6, 6.07) is 13.0. The maximum Gasteiger partial charge on any atom is 0.224 e. The third-order valence-corrected chi connectivity index (χ3v) is 6.96. The lowest BCUT2D eigenvalue weighted by Gasteiger charge is -2.36. The molecule has 0 saturated carbocycles. The number of nitrogens with zero attached hydrogens (tertiary/aromatic N) is 5. The molecule has 2 aromatic carbocycles. The van der Waals surface area contributed by atoms with Crippen LogP contribution in [0.3, 0.4) is 0 Å². The number of Topliss-reactive ketones (excluding diaryl/α,β-unsaturated/α-hetero) is 1. The van der Waals surface area contributed by atoms with Crippen LogP contribution in [0.1, 0.15) is 35.7 Å². The SMILES string of the molecule is CCCCc1ccc(C(=O)C2CNCCN2c2nc(N)nc3ncc(-c4ccc(OC)c(OC)c4)nc23)cc1. The molecule has 0 aliphatic carbocycles. The van der Waals surface area contributed by atoms with Gasteiger partial charge >= 0.3 is 0 Å². The van der Waals surface area contributed by atoms with E-state index < -0.39 is 6.04 Å². The Bertz CT molecular complexity index is 1480. The zero-order valence-electron chi connectivity index (χ0n) is 22.5. The predicted octanol–water partition coefficient (Wildman–Crippen LogP) is 3.69. The normalized spacial score (nSPS) is 15.4. The van der Waals surface area contributed by atoms with Crippen molar-refractivity contribution in [2.45, 2.75) is 32.2 Å². The van der Waals surface area contributed by atoms with Gasteiger partial charge in [-0.05, 0) is 36.6 Å². The summed E-state index contributed by atoms with van der Waals surface area (Å²) in [5, 5.41) is 3.35. The van der Waals surface area contributed by atoms with Gasteiger partial charge in [-0.15, -0.1) is 0 Å². The fourth-order valence-electron chi connectivity index (χ4n) is 4.85. The molecular formula is C29H33N7O3. The largest absolute Gasteiger partial charge is 0.493 e. The molecule has 10 heteroatoms. The highest BCUT2D eigenvalue weighted by molar-refractivity contribution is 6.03. The first-order chi connectivity index (χ1) is 19.0. The van der Waals surface area contributed by atoms with Gasteiger partial charge in [0.05, 0.1) is 26.1 Å². The highest BCUT2D eigenvalue weighted by Crippen LogP contribution is 2.33. The van der Waals surface area contributed by atoms with Gasteiger partial charge in [-0.1, -0.05) is 37.6 Å². The third-order valence-electron chi connectivity index (χ3n) is 6.96. The van der Waals surface area contributed by atoms with E-state index >= 15 is 0 Å². The minimum absolute atomic E-state index is 0.0126. The first-order valence-corrected chi connectivity index (χ1v) is 13.2. The van der Waals surface area contributed by atoms with Crippen LogP contribution < -0.4 is 25.4 Å². The quantitative estimate of drug-likeness (QED) is 0.311. The van der Waals surface area contributed by atoms with Crippen LogP contribution in [0.4, 0.5) is 11.8 Å². The second-order valence-corrected chi connectivity index (χ2v) is 9.48. The average Bonchev–Trinajstić information content (AvgIpc) is 2.99. The fourth-order valence-corrected chi connectivity index (χ4v) is 4.85. The van der Waals surface area contributed by atoms with Crippen LogP contribution in [0.15, 0.2) is 48.7 Å². The summed E-state index contributed by atoms with van der Waals surface area (Å²) in [6.07, 6.45) is 4.91. The van der Waals surface area contributed by atoms with Crippen molar-refractivity contribution < 1.29 is 14.3 Å². The summed E-state index contributed by atoms with van der Waals surface area (Å²) in [4.78, 5) is 34.0. The van der Waals surface area contributed by atoms with E-state index in [1.54, 1.807) is 20.4 Å². The molecule has 0 radical (unpaired) electrons. The highest BCUT2D eigenvalue weighted by atomic mass is 16.5. The molecule has 10 nitrogen and oxygen atoms in total. The second-order valence-electron chi connectivity index (χ2n) is 9.48. The second kappa shape index (κ2) is 11.6. The Kier molecular flexibility index (Phi) is 7.83. The summed E-state index contributed by atoms with van der Waals surface area (Å²) in [5.41, 5.74) is 10.2. The van der Waals surface area contributed by atoms with E-state index in [1.165, 1.54) is 5.56 Å². The van der Waals surface area contributed by atoms with E-state index in [0.717, 1.165) is 24.8 Å². The van der Waals surface area contributed by atoms with Gasteiger partial charge in [0.1, 0.15) is 6.04 Å². The molecule has 1 aliphatic rings. The number of rotatable bonds is 9. The van der Waals surface area contributed by atoms with Crippen molar-refractivity contribution in [2.75, 3.05) is 44.5 Å². The molecule has 4 aromatic rings. The first-order valence-electron chi connectivity index (χ1n) is 13.2. The number of anilines is 2. The van der Waals surface area contributed by atoms with Gasteiger partial charge in [0.2, 0.25) is 5.95 Å². The number of ether oxygens (including phenoxy) is 2. The number of benzene rings is 2. The molecule has 0 bridgehead atoms. The number of nitrogens with two attached hydrogens (primary N) is 1. The molecule has 1 fully saturated rings. The number of nitrogen functional groups attached to an aromatic ring is 1. The van der Waals surface area contributed by atoms with Crippen LogP contribution in [-0.4, -0.2) is 65.6 Å². The number of fused-ring (bicyclic) bond motifs is 1. The van der Waals surface area contributed by atoms with Gasteiger partial charge in [-0.2, -0.15) is 9.97 Å². The molecule has 3 N–H and O–H groups in total. The van der Waals surface area contributed by atoms with E-state index in [0.29, 0.717) is 59.4 Å². The number of nitrogens with one attached hydrogen (secondary N) is 1. The molecule has 0 amide bonds. The van der Waals surface area contributed by atoms with Gasteiger partial charge in [0.25, 0.3) is 0 Å². The molecule has 1 aliphatic heterocycles. The number of ketones is 1. The van der Waals surface area contributed by atoms with Crippen molar-refractivity contribution in [3.8, 4) is 22.8 Å². The van der Waals surface area contributed by atoms with Gasteiger partial charge in [-0.3, -0.25) is 4.79 Å². The number of carbonyl (C=O) groups is 1. The zero-order chi connectivity index (χ0) is 27.4. The van der Waals surface area contributed by atoms with Crippen molar-refractivity contribution in [1.82, 2.24) is 25.3 Å². The minimum Gasteiger partial charge on any atom is -0.493 e. The van der Waals surface area contributed by atoms with E-state index in [2.05, 4.69) is 27.2 Å². The Balaban J connectivity index is 1.53. The van der Waals surface area contributed by atoms with Crippen molar-refractivity contribution in [2.24, 2.45) is 0 Å². The highest BCUT2D eigenvalue weighted by Gasteiger charge is 2.32. The van der Waals surface area contributed by atoms with E-state index in [-0.39, 0.29) is 11.7 Å². The number of hydrogen-bond donors (Lipinski definition) is 2. The number of aromatic nitrogens is 4. The minimum atomic E-state index is -0.482. The van der Waals surface area contributed by atoms with Crippen molar-refractivity contribution in [3.63, 3.8) is 0 Å². The first kappa shape index (κ1) is 26.3. The summed E-state index contributed by atoms with van der Waals surface area (Å²) >= 11 is 0. The number of methoxy groups -OCH3 is 2. The number of piperazine rings is 1. The smallest absolute Gasteiger partial charge is 0.224 e. The Hall–Kier alpha value is -4.31. The molecule has 1 unspecified atom stereocenters. The summed E-state index contributed by atoms with van der Waals surface area (Å²) in [6.45, 7) is 3.89. The number of carbonyl (C=O) groups excluding carboxylic acids is 1. The number of hydrogen-bond acceptors (Lipinski definition) is 10. The average molecular weight is 528 g/mol. The van der Waals surface area contributed by atoms with Crippen molar-refractivity contribution in [1.29, 1.82) is 0 Å². The number of unbranched alkanes of at least 4 members (excludes halogenated alkanes) is 1. The lowest BCUT2D eigenvalue weighted by Crippen LogP contribution is -2.55. The van der Waals surface area contributed by atoms with Crippen LogP contribution in [0.25, 0.3) is 22.4 Å². The van der Waals surface area contributed by atoms with E-state index in [9.17, 15) is 4.79 Å². The molecule has 5 rings (SSSR count). The van der Waals surface area contributed by atoms with Crippen molar-refractivity contribution >= 4 is 28.7 Å². The lowest BCUT2D eigenvalue weighted by molar-refractivity contribution is 0.0950. The van der Waals surface area contributed by atoms with Crippen LogP contribution in [0.5, 0.6) is 11.5 Å². The fraction of sp³-hybridized carbons (Fsp3) is 0.345. The Morgan fingerprint density at radius 1 is 1.08 bits per heavy atom. The maximum absolute atomic E-state index is 13.7. The van der Waals surface area contributed by atoms with E-state index in [1.807, 2.05) is 47.4 Å². The maximum atomic E-state index is 13.7. The third kappa shape index (κ3) is 5.46. The van der Waals surface area contributed by atoms with Gasteiger partial charge in [0.15, 0.2) is 34.3 Å². The molecule has 202 valence electrons. The van der Waals surface area contributed by atoms with Gasteiger partial charge in [-0.25, -0.2) is 9.97 Å².